The van der Waals surface area contributed by atoms with Crippen molar-refractivity contribution < 1.29 is 13.5 Å². The minimum absolute atomic E-state index is 0.116. The van der Waals surface area contributed by atoms with E-state index in [0.29, 0.717) is 17.3 Å². The van der Waals surface area contributed by atoms with Gasteiger partial charge in [-0.05, 0) is 88.0 Å². The van der Waals surface area contributed by atoms with Crippen LogP contribution in [0.15, 0.2) is 47.5 Å². The van der Waals surface area contributed by atoms with Gasteiger partial charge in [0.05, 0.1) is 27.7 Å². The smallest absolute Gasteiger partial charge is 0.229 e. The maximum atomic E-state index is 12.8. The number of phenols is 1. The van der Waals surface area contributed by atoms with E-state index in [1.54, 1.807) is 38.1 Å². The number of aromatic nitrogens is 2. The Balaban J connectivity index is 1.60. The number of aryl methyl sites for hydroxylation is 1. The van der Waals surface area contributed by atoms with Gasteiger partial charge in [-0.3, -0.25) is 0 Å². The number of hydrogen-bond acceptors (Lipinski definition) is 8. The van der Waals surface area contributed by atoms with Crippen molar-refractivity contribution in [3.05, 3.63) is 58.7 Å². The van der Waals surface area contributed by atoms with E-state index in [9.17, 15) is 13.5 Å². The third kappa shape index (κ3) is 5.52. The number of halogens is 1. The maximum absolute atomic E-state index is 12.8. The number of hydrogen-bond donors (Lipinski definition) is 4. The molecule has 0 saturated carbocycles. The first-order chi connectivity index (χ1) is 16.7. The van der Waals surface area contributed by atoms with Gasteiger partial charge in [-0.2, -0.15) is 4.98 Å². The van der Waals surface area contributed by atoms with Crippen LogP contribution in [0, 0.1) is 6.92 Å². The van der Waals surface area contributed by atoms with Crippen molar-refractivity contribution in [2.75, 3.05) is 23.7 Å². The summed E-state index contributed by atoms with van der Waals surface area (Å²) in [5, 5.41) is 19.8. The summed E-state index contributed by atoms with van der Waals surface area (Å²) in [5.41, 5.74) is 3.09. The third-order valence-corrected chi connectivity index (χ3v) is 8.71. The average Bonchev–Trinajstić information content (AvgIpc) is 2.84. The molecule has 1 aliphatic heterocycles. The highest BCUT2D eigenvalue weighted by Gasteiger charge is 2.23. The maximum Gasteiger partial charge on any atom is 0.229 e. The fourth-order valence-corrected chi connectivity index (χ4v) is 5.56. The van der Waals surface area contributed by atoms with Crippen molar-refractivity contribution >= 4 is 44.6 Å². The summed E-state index contributed by atoms with van der Waals surface area (Å²) in [7, 11) is -3.52. The van der Waals surface area contributed by atoms with Crippen molar-refractivity contribution in [3.63, 3.8) is 0 Å². The number of anilines is 4. The molecule has 35 heavy (non-hydrogen) atoms. The van der Waals surface area contributed by atoms with Crippen molar-refractivity contribution in [2.45, 2.75) is 49.7 Å². The van der Waals surface area contributed by atoms with Crippen LogP contribution in [0.4, 0.5) is 23.1 Å². The quantitative estimate of drug-likeness (QED) is 0.314. The number of benzene rings is 2. The molecule has 2 aromatic carbocycles. The van der Waals surface area contributed by atoms with Crippen molar-refractivity contribution in [1.82, 2.24) is 15.3 Å². The van der Waals surface area contributed by atoms with Crippen LogP contribution < -0.4 is 16.0 Å². The van der Waals surface area contributed by atoms with E-state index in [0.717, 1.165) is 37.1 Å². The molecule has 0 spiro atoms. The molecule has 186 valence electrons. The molecule has 0 amide bonds. The van der Waals surface area contributed by atoms with Gasteiger partial charge in [0, 0.05) is 0 Å². The second kappa shape index (κ2) is 10.4. The fourth-order valence-electron chi connectivity index (χ4n) is 4.22. The third-order valence-electron chi connectivity index (χ3n) is 6.22. The average molecular weight is 516 g/mol. The number of piperidine rings is 1. The van der Waals surface area contributed by atoms with Crippen LogP contribution in [0.5, 0.6) is 5.75 Å². The number of aromatic hydroxyl groups is 1. The molecule has 4 rings (SSSR count). The van der Waals surface area contributed by atoms with E-state index in [1.165, 1.54) is 6.20 Å². The number of rotatable bonds is 7. The first-order valence-electron chi connectivity index (χ1n) is 11.6. The largest absolute Gasteiger partial charge is 0.506 e. The summed E-state index contributed by atoms with van der Waals surface area (Å²) < 4.78 is 25.6. The Kier molecular flexibility index (Phi) is 7.49. The zero-order chi connectivity index (χ0) is 25.2. The molecule has 3 aromatic rings. The van der Waals surface area contributed by atoms with Gasteiger partial charge < -0.3 is 21.1 Å². The lowest BCUT2D eigenvalue weighted by Crippen LogP contribution is -2.26. The Morgan fingerprint density at radius 2 is 1.83 bits per heavy atom. The van der Waals surface area contributed by atoms with Crippen molar-refractivity contribution in [1.29, 1.82) is 0 Å². The van der Waals surface area contributed by atoms with E-state index < -0.39 is 15.1 Å². The number of para-hydroxylation sites is 1. The summed E-state index contributed by atoms with van der Waals surface area (Å²) in [6.45, 7) is 7.25. The SMILES string of the molecule is Cc1cc(Nc2ncc(Cl)c(Nc3ccccc3S(=O)(=O)C(C)C)n2)c(O)cc1C1CCNCC1. The number of phenolic OH excluding ortho intramolecular Hbond substituents is 1. The molecule has 4 N–H and O–H groups in total. The molecule has 0 unspecified atom stereocenters. The van der Waals surface area contributed by atoms with E-state index in [1.807, 2.05) is 19.1 Å². The highest BCUT2D eigenvalue weighted by Crippen LogP contribution is 2.36. The highest BCUT2D eigenvalue weighted by molar-refractivity contribution is 7.92. The monoisotopic (exact) mass is 515 g/mol. The molecule has 10 heteroatoms. The summed E-state index contributed by atoms with van der Waals surface area (Å²) in [6.07, 6.45) is 3.50. The van der Waals surface area contributed by atoms with Crippen LogP contribution in [0.1, 0.15) is 43.7 Å². The van der Waals surface area contributed by atoms with Crippen LogP contribution in [-0.4, -0.2) is 41.8 Å². The standard InChI is InChI=1S/C25H30ClN5O3S/c1-15(2)35(33,34)23-7-5-4-6-20(23)29-24-19(26)14-28-25(31-24)30-21-12-16(3)18(13-22(21)32)17-8-10-27-11-9-17/h4-7,12-15,17,27,32H,8-11H2,1-3H3,(H2,28,29,30,31). The topological polar surface area (TPSA) is 116 Å². The van der Waals surface area contributed by atoms with Crippen LogP contribution in [0.3, 0.4) is 0 Å². The lowest BCUT2D eigenvalue weighted by atomic mass is 9.87. The number of nitrogens with zero attached hydrogens (tertiary/aromatic N) is 2. The van der Waals surface area contributed by atoms with E-state index in [4.69, 9.17) is 11.6 Å². The number of sulfone groups is 1. The molecule has 1 saturated heterocycles. The first kappa shape index (κ1) is 25.2. The molecule has 0 radical (unpaired) electrons. The number of nitrogens with one attached hydrogen (secondary N) is 3. The van der Waals surface area contributed by atoms with Crippen LogP contribution in [0.2, 0.25) is 5.02 Å². The van der Waals surface area contributed by atoms with E-state index >= 15 is 0 Å². The molecular formula is C25H30ClN5O3S. The van der Waals surface area contributed by atoms with Crippen LogP contribution >= 0.6 is 11.6 Å². The Morgan fingerprint density at radius 1 is 1.11 bits per heavy atom. The van der Waals surface area contributed by atoms with Gasteiger partial charge in [-0.25, -0.2) is 13.4 Å². The second-order valence-corrected chi connectivity index (χ2v) is 11.9. The molecule has 0 aliphatic carbocycles. The van der Waals surface area contributed by atoms with E-state index in [2.05, 4.69) is 25.9 Å². The zero-order valence-corrected chi connectivity index (χ0v) is 21.5. The van der Waals surface area contributed by atoms with Gasteiger partial charge in [0.15, 0.2) is 15.7 Å². The predicted octanol–water partition coefficient (Wildman–Crippen LogP) is 5.28. The molecule has 2 heterocycles. The Bertz CT molecular complexity index is 1320. The van der Waals surface area contributed by atoms with Gasteiger partial charge >= 0.3 is 0 Å². The molecule has 0 atom stereocenters. The highest BCUT2D eigenvalue weighted by atomic mass is 35.5. The zero-order valence-electron chi connectivity index (χ0n) is 20.0. The molecule has 1 aliphatic rings. The Morgan fingerprint density at radius 3 is 2.54 bits per heavy atom. The Hall–Kier alpha value is -2.88. The Labute approximate surface area is 211 Å². The minimum Gasteiger partial charge on any atom is -0.506 e. The fraction of sp³-hybridized carbons (Fsp3) is 0.360. The molecule has 1 fully saturated rings. The molecular weight excluding hydrogens is 486 g/mol. The van der Waals surface area contributed by atoms with Gasteiger partial charge in [0.25, 0.3) is 0 Å². The minimum atomic E-state index is -3.52. The molecule has 8 nitrogen and oxygen atoms in total. The van der Waals surface area contributed by atoms with E-state index in [-0.39, 0.29) is 27.4 Å². The van der Waals surface area contributed by atoms with Gasteiger partial charge in [0.2, 0.25) is 5.95 Å². The molecule has 0 bridgehead atoms. The second-order valence-electron chi connectivity index (χ2n) is 8.98. The summed E-state index contributed by atoms with van der Waals surface area (Å²) >= 11 is 6.32. The normalized spacial score (nSPS) is 14.8. The summed E-state index contributed by atoms with van der Waals surface area (Å²) in [4.78, 5) is 8.83. The predicted molar refractivity (Wildman–Crippen MR) is 140 cm³/mol. The van der Waals surface area contributed by atoms with Gasteiger partial charge in [0.1, 0.15) is 10.8 Å². The van der Waals surface area contributed by atoms with Gasteiger partial charge in [-0.1, -0.05) is 23.7 Å². The molecule has 1 aromatic heterocycles. The van der Waals surface area contributed by atoms with Crippen LogP contribution in [0.25, 0.3) is 0 Å². The van der Waals surface area contributed by atoms with Gasteiger partial charge in [-0.15, -0.1) is 0 Å². The summed E-state index contributed by atoms with van der Waals surface area (Å²) in [5.74, 6) is 0.995. The van der Waals surface area contributed by atoms with Crippen LogP contribution in [-0.2, 0) is 9.84 Å². The lowest BCUT2D eigenvalue weighted by Gasteiger charge is -2.25. The first-order valence-corrected chi connectivity index (χ1v) is 13.5. The van der Waals surface area contributed by atoms with Crippen molar-refractivity contribution in [2.24, 2.45) is 0 Å². The summed E-state index contributed by atoms with van der Waals surface area (Å²) in [6, 6.07) is 10.3. The lowest BCUT2D eigenvalue weighted by molar-refractivity contribution is 0.451. The van der Waals surface area contributed by atoms with Crippen molar-refractivity contribution in [3.8, 4) is 5.75 Å².